The first-order valence-electron chi connectivity index (χ1n) is 7.20. The molecule has 0 atom stereocenters. The van der Waals surface area contributed by atoms with Crippen LogP contribution in [0.2, 0.25) is 0 Å². The average Bonchev–Trinajstić information content (AvgIpc) is 2.97. The van der Waals surface area contributed by atoms with E-state index in [1.54, 1.807) is 6.07 Å². The smallest absolute Gasteiger partial charge is 0.205 e. The molecule has 0 unspecified atom stereocenters. The topological polar surface area (TPSA) is 57.8 Å². The Balaban J connectivity index is 1.89. The Bertz CT molecular complexity index is 930. The van der Waals surface area contributed by atoms with Crippen LogP contribution in [0.1, 0.15) is 10.4 Å². The third-order valence-electron chi connectivity index (χ3n) is 3.67. The van der Waals surface area contributed by atoms with Gasteiger partial charge in [-0.2, -0.15) is 5.26 Å². The van der Waals surface area contributed by atoms with Gasteiger partial charge in [0.15, 0.2) is 0 Å². The largest absolute Gasteiger partial charge is 0.360 e. The number of allylic oxidation sites excluding steroid dienone is 1. The van der Waals surface area contributed by atoms with Crippen molar-refractivity contribution in [3.8, 4) is 6.07 Å². The molecule has 0 saturated heterocycles. The molecule has 0 fully saturated rings. The van der Waals surface area contributed by atoms with Gasteiger partial charge in [-0.25, -0.2) is 0 Å². The van der Waals surface area contributed by atoms with Gasteiger partial charge in [0, 0.05) is 36.2 Å². The van der Waals surface area contributed by atoms with Gasteiger partial charge >= 0.3 is 0 Å². The quantitative estimate of drug-likeness (QED) is 0.452. The minimum atomic E-state index is -0.293. The van der Waals surface area contributed by atoms with Crippen LogP contribution in [0.5, 0.6) is 0 Å². The molecule has 3 aromatic rings. The number of hydrogen-bond acceptors (Lipinski definition) is 3. The monoisotopic (exact) mass is 301 g/mol. The highest BCUT2D eigenvalue weighted by Crippen LogP contribution is 2.19. The molecule has 0 aliphatic rings. The van der Waals surface area contributed by atoms with E-state index in [0.29, 0.717) is 5.56 Å². The summed E-state index contributed by atoms with van der Waals surface area (Å²) in [6.45, 7) is 0. The normalized spacial score (nSPS) is 11.2. The van der Waals surface area contributed by atoms with E-state index in [4.69, 9.17) is 0 Å². The number of aromatic nitrogens is 1. The number of rotatable bonds is 4. The third-order valence-corrected chi connectivity index (χ3v) is 3.67. The molecule has 0 amide bonds. The standard InChI is InChI=1S/C19H15N3O/c1-22-10-9-14-7-8-15(11-18(14)22)19(23)16(12-20)13-21-17-5-3-2-4-6-17/h2-11,13,21H,1H3/b16-13+. The fourth-order valence-electron chi connectivity index (χ4n) is 2.40. The Morgan fingerprint density at radius 3 is 2.70 bits per heavy atom. The number of nitriles is 1. The maximum atomic E-state index is 12.5. The van der Waals surface area contributed by atoms with Gasteiger partial charge in [0.1, 0.15) is 11.6 Å². The van der Waals surface area contributed by atoms with Gasteiger partial charge in [0.05, 0.1) is 0 Å². The maximum Gasteiger partial charge on any atom is 0.205 e. The lowest BCUT2D eigenvalue weighted by Gasteiger charge is -2.04. The van der Waals surface area contributed by atoms with Crippen molar-refractivity contribution in [2.75, 3.05) is 5.32 Å². The lowest BCUT2D eigenvalue weighted by atomic mass is 10.0. The van der Waals surface area contributed by atoms with Crippen LogP contribution in [0, 0.1) is 11.3 Å². The van der Waals surface area contributed by atoms with E-state index in [2.05, 4.69) is 5.32 Å². The van der Waals surface area contributed by atoms with Crippen LogP contribution >= 0.6 is 0 Å². The summed E-state index contributed by atoms with van der Waals surface area (Å²) in [5.74, 6) is -0.293. The second kappa shape index (κ2) is 6.20. The lowest BCUT2D eigenvalue weighted by molar-refractivity contribution is 0.103. The first kappa shape index (κ1) is 14.6. The number of carbonyl (C=O) groups is 1. The van der Waals surface area contributed by atoms with Crippen LogP contribution in [-0.4, -0.2) is 10.4 Å². The van der Waals surface area contributed by atoms with E-state index in [1.165, 1.54) is 6.20 Å². The van der Waals surface area contributed by atoms with E-state index >= 15 is 0 Å². The fourth-order valence-corrected chi connectivity index (χ4v) is 2.40. The van der Waals surface area contributed by atoms with Crippen molar-refractivity contribution >= 4 is 22.4 Å². The van der Waals surface area contributed by atoms with E-state index in [1.807, 2.05) is 72.4 Å². The SMILES string of the molecule is Cn1ccc2ccc(C(=O)/C(C#N)=C/Nc3ccccc3)cc21. The highest BCUT2D eigenvalue weighted by atomic mass is 16.1. The van der Waals surface area contributed by atoms with Gasteiger partial charge in [-0.05, 0) is 29.7 Å². The van der Waals surface area contributed by atoms with Crippen LogP contribution in [0.3, 0.4) is 0 Å². The van der Waals surface area contributed by atoms with Crippen molar-refractivity contribution in [2.45, 2.75) is 0 Å². The lowest BCUT2D eigenvalue weighted by Crippen LogP contribution is -2.04. The van der Waals surface area contributed by atoms with Crippen LogP contribution in [0.15, 0.2) is 72.6 Å². The van der Waals surface area contributed by atoms with E-state index in [9.17, 15) is 10.1 Å². The summed E-state index contributed by atoms with van der Waals surface area (Å²) in [6.07, 6.45) is 3.39. The Kier molecular flexibility index (Phi) is 3.94. The first-order valence-corrected chi connectivity index (χ1v) is 7.20. The molecule has 4 nitrogen and oxygen atoms in total. The highest BCUT2D eigenvalue weighted by molar-refractivity contribution is 6.12. The zero-order chi connectivity index (χ0) is 16.2. The molecule has 0 aliphatic heterocycles. The van der Waals surface area contributed by atoms with Gasteiger partial charge in [-0.3, -0.25) is 4.79 Å². The second-order valence-electron chi connectivity index (χ2n) is 5.21. The molecule has 0 radical (unpaired) electrons. The van der Waals surface area contributed by atoms with Crippen LogP contribution in [0.25, 0.3) is 10.9 Å². The summed E-state index contributed by atoms with van der Waals surface area (Å²) in [5.41, 5.74) is 2.36. The number of hydrogen-bond donors (Lipinski definition) is 1. The molecular formula is C19H15N3O. The molecule has 2 aromatic carbocycles. The summed E-state index contributed by atoms with van der Waals surface area (Å²) in [5, 5.41) is 13.3. The van der Waals surface area contributed by atoms with Gasteiger partial charge in [-0.1, -0.05) is 30.3 Å². The van der Waals surface area contributed by atoms with Gasteiger partial charge in [0.25, 0.3) is 0 Å². The zero-order valence-corrected chi connectivity index (χ0v) is 12.7. The summed E-state index contributed by atoms with van der Waals surface area (Å²) >= 11 is 0. The van der Waals surface area contributed by atoms with Crippen molar-refractivity contribution in [1.82, 2.24) is 4.57 Å². The van der Waals surface area contributed by atoms with Crippen LogP contribution < -0.4 is 5.32 Å². The van der Waals surface area contributed by atoms with Gasteiger partial charge in [-0.15, -0.1) is 0 Å². The molecule has 1 aromatic heterocycles. The summed E-state index contributed by atoms with van der Waals surface area (Å²) in [7, 11) is 1.93. The molecule has 0 bridgehead atoms. The molecule has 1 N–H and O–H groups in total. The molecule has 0 saturated carbocycles. The van der Waals surface area contributed by atoms with Crippen molar-refractivity contribution in [3.63, 3.8) is 0 Å². The second-order valence-corrected chi connectivity index (χ2v) is 5.21. The highest BCUT2D eigenvalue weighted by Gasteiger charge is 2.13. The minimum absolute atomic E-state index is 0.0717. The molecule has 23 heavy (non-hydrogen) atoms. The van der Waals surface area contributed by atoms with Gasteiger partial charge in [0.2, 0.25) is 5.78 Å². The molecule has 112 valence electrons. The molecular weight excluding hydrogens is 286 g/mol. The predicted octanol–water partition coefficient (Wildman–Crippen LogP) is 3.88. The number of aryl methyl sites for hydroxylation is 1. The molecule has 4 heteroatoms. The van der Waals surface area contributed by atoms with Crippen LogP contribution in [0.4, 0.5) is 5.69 Å². The van der Waals surface area contributed by atoms with Crippen molar-refractivity contribution in [2.24, 2.45) is 7.05 Å². The number of nitrogens with zero attached hydrogens (tertiary/aromatic N) is 2. The molecule has 0 spiro atoms. The number of ketones is 1. The van der Waals surface area contributed by atoms with E-state index < -0.39 is 0 Å². The number of fused-ring (bicyclic) bond motifs is 1. The average molecular weight is 301 g/mol. The Hall–Kier alpha value is -3.32. The fraction of sp³-hybridized carbons (Fsp3) is 0.0526. The molecule has 1 heterocycles. The Morgan fingerprint density at radius 2 is 1.96 bits per heavy atom. The maximum absolute atomic E-state index is 12.5. The number of nitrogens with one attached hydrogen (secondary N) is 1. The number of benzene rings is 2. The Morgan fingerprint density at radius 1 is 1.17 bits per heavy atom. The summed E-state index contributed by atoms with van der Waals surface area (Å²) in [4.78, 5) is 12.5. The first-order chi connectivity index (χ1) is 11.2. The van der Waals surface area contributed by atoms with Crippen molar-refractivity contribution in [1.29, 1.82) is 5.26 Å². The van der Waals surface area contributed by atoms with Crippen molar-refractivity contribution < 1.29 is 4.79 Å². The number of anilines is 1. The van der Waals surface area contributed by atoms with E-state index in [-0.39, 0.29) is 11.4 Å². The Labute approximate surface area is 134 Å². The number of Topliss-reactive ketones (excluding diaryl/α,β-unsaturated/α-hetero) is 1. The minimum Gasteiger partial charge on any atom is -0.360 e. The van der Waals surface area contributed by atoms with E-state index in [0.717, 1.165) is 16.6 Å². The van der Waals surface area contributed by atoms with Gasteiger partial charge < -0.3 is 9.88 Å². The number of carbonyl (C=O) groups excluding carboxylic acids is 1. The summed E-state index contributed by atoms with van der Waals surface area (Å²) in [6, 6.07) is 18.8. The van der Waals surface area contributed by atoms with Crippen LogP contribution in [-0.2, 0) is 7.05 Å². The molecule has 0 aliphatic carbocycles. The molecule has 3 rings (SSSR count). The van der Waals surface area contributed by atoms with Crippen molar-refractivity contribution in [3.05, 3.63) is 78.1 Å². The summed E-state index contributed by atoms with van der Waals surface area (Å²) < 4.78 is 1.95. The predicted molar refractivity (Wildman–Crippen MR) is 91.0 cm³/mol. The number of para-hydroxylation sites is 1. The third kappa shape index (κ3) is 2.99. The zero-order valence-electron chi connectivity index (χ0n) is 12.7.